The van der Waals surface area contributed by atoms with Gasteiger partial charge in [0.15, 0.2) is 6.04 Å². The summed E-state index contributed by atoms with van der Waals surface area (Å²) in [6, 6.07) is -1.54. The molecule has 3 atom stereocenters. The molecule has 0 aromatic rings. The number of aliphatic hydroxyl groups is 1. The van der Waals surface area contributed by atoms with Gasteiger partial charge in [0.2, 0.25) is 5.91 Å². The van der Waals surface area contributed by atoms with E-state index in [1.165, 1.54) is 96.3 Å². The number of hydrogen-bond acceptors (Lipinski definition) is 8. The van der Waals surface area contributed by atoms with Gasteiger partial charge in [-0.25, -0.2) is 9.36 Å². The third-order valence-corrected chi connectivity index (χ3v) is 10.0. The summed E-state index contributed by atoms with van der Waals surface area (Å²) in [5, 5.41) is 21.8. The Balaban J connectivity index is 3.91. The van der Waals surface area contributed by atoms with Gasteiger partial charge in [-0.3, -0.25) is 18.6 Å². The molecule has 12 heteroatoms. The molecule has 4 N–H and O–H groups in total. The molecule has 0 aliphatic carbocycles. The topological polar surface area (TPSA) is 169 Å². The van der Waals surface area contributed by atoms with Gasteiger partial charge in [0.25, 0.3) is 0 Å². The first-order valence-corrected chi connectivity index (χ1v) is 22.2. The lowest BCUT2D eigenvalue weighted by Crippen LogP contribution is -2.43. The van der Waals surface area contributed by atoms with Crippen LogP contribution in [0, 0.1) is 0 Å². The second kappa shape index (κ2) is 36.2. The van der Waals surface area contributed by atoms with Crippen molar-refractivity contribution in [2.45, 2.75) is 206 Å². The molecule has 0 aromatic carbocycles. The van der Waals surface area contributed by atoms with Crippen LogP contribution in [0.5, 0.6) is 0 Å². The van der Waals surface area contributed by atoms with Crippen molar-refractivity contribution in [2.24, 2.45) is 0 Å². The maximum absolute atomic E-state index is 12.2. The van der Waals surface area contributed by atoms with Gasteiger partial charge in [-0.1, -0.05) is 154 Å². The van der Waals surface area contributed by atoms with E-state index in [1.54, 1.807) is 0 Å². The Morgan fingerprint density at radius 3 is 1.46 bits per heavy atom. The maximum Gasteiger partial charge on any atom is 0.472 e. The molecule has 1 amide bonds. The number of unbranched alkanes of at least 4 members (excludes halogenated alkanes) is 23. The minimum absolute atomic E-state index is 0.150. The highest BCUT2D eigenvalue weighted by Crippen LogP contribution is 2.43. The van der Waals surface area contributed by atoms with Crippen molar-refractivity contribution in [3.63, 3.8) is 0 Å². The van der Waals surface area contributed by atoms with E-state index in [9.17, 15) is 34.1 Å². The highest BCUT2D eigenvalue weighted by atomic mass is 31.2. The van der Waals surface area contributed by atoms with Crippen molar-refractivity contribution < 1.29 is 47.8 Å². The number of carboxylic acid groups (broad SMARTS) is 1. The molecule has 0 radical (unpaired) electrons. The summed E-state index contributed by atoms with van der Waals surface area (Å²) in [5.74, 6) is -2.37. The quantitative estimate of drug-likeness (QED) is 0.0205. The smallest absolute Gasteiger partial charge is 0.472 e. The number of hydrogen-bond donors (Lipinski definition) is 4. The number of esters is 1. The number of rotatable bonds is 39. The first-order valence-electron chi connectivity index (χ1n) is 20.7. The van der Waals surface area contributed by atoms with E-state index in [4.69, 9.17) is 13.8 Å². The zero-order chi connectivity index (χ0) is 38.5. The molecule has 11 nitrogen and oxygen atoms in total. The van der Waals surface area contributed by atoms with E-state index in [0.29, 0.717) is 12.8 Å². The third-order valence-electron chi connectivity index (χ3n) is 9.05. The second-order valence-electron chi connectivity index (χ2n) is 14.2. The summed E-state index contributed by atoms with van der Waals surface area (Å²) < 4.78 is 26.8. The van der Waals surface area contributed by atoms with Crippen LogP contribution in [0.3, 0.4) is 0 Å². The first kappa shape index (κ1) is 50.2. The van der Waals surface area contributed by atoms with E-state index in [-0.39, 0.29) is 12.8 Å². The lowest BCUT2D eigenvalue weighted by molar-refractivity contribution is -0.147. The number of nitrogens with one attached hydrogen (secondary N) is 1. The lowest BCUT2D eigenvalue weighted by atomic mass is 10.0. The Kier molecular flexibility index (Phi) is 35.0. The van der Waals surface area contributed by atoms with Crippen LogP contribution in [-0.2, 0) is 32.7 Å². The molecule has 0 aromatic heterocycles. The molecule has 306 valence electrons. The van der Waals surface area contributed by atoms with E-state index in [1.807, 2.05) is 0 Å². The zero-order valence-electron chi connectivity index (χ0n) is 32.9. The van der Waals surface area contributed by atoms with Crippen LogP contribution in [0.4, 0.5) is 0 Å². The summed E-state index contributed by atoms with van der Waals surface area (Å²) in [5.41, 5.74) is 0. The molecule has 52 heavy (non-hydrogen) atoms. The summed E-state index contributed by atoms with van der Waals surface area (Å²) in [6.45, 7) is 2.57. The normalized spacial score (nSPS) is 13.9. The molecule has 0 spiro atoms. The van der Waals surface area contributed by atoms with Gasteiger partial charge in [-0.05, 0) is 38.5 Å². The summed E-state index contributed by atoms with van der Waals surface area (Å²) in [6.07, 6.45) is 33.8. The Labute approximate surface area is 316 Å². The number of phosphoric acid groups is 1. The lowest BCUT2D eigenvalue weighted by Gasteiger charge is -2.18. The summed E-state index contributed by atoms with van der Waals surface area (Å²) >= 11 is 0. The van der Waals surface area contributed by atoms with Gasteiger partial charge in [0.05, 0.1) is 13.2 Å². The molecule has 0 aliphatic heterocycles. The van der Waals surface area contributed by atoms with Crippen LogP contribution >= 0.6 is 7.82 Å². The van der Waals surface area contributed by atoms with Crippen LogP contribution < -0.4 is 5.32 Å². The highest BCUT2D eigenvalue weighted by molar-refractivity contribution is 7.47. The summed E-state index contributed by atoms with van der Waals surface area (Å²) in [4.78, 5) is 45.7. The zero-order valence-corrected chi connectivity index (χ0v) is 33.8. The van der Waals surface area contributed by atoms with Crippen LogP contribution in [0.2, 0.25) is 0 Å². The maximum atomic E-state index is 12.2. The van der Waals surface area contributed by atoms with Gasteiger partial charge >= 0.3 is 19.8 Å². The number of carbonyl (C=O) groups excluding carboxylic acids is 2. The molecule has 0 aliphatic rings. The molecule has 3 unspecified atom stereocenters. The largest absolute Gasteiger partial charge is 0.480 e. The third kappa shape index (κ3) is 35.3. The number of ether oxygens (including phenoxy) is 1. The molecule has 0 saturated carbocycles. The predicted octanol–water partition coefficient (Wildman–Crippen LogP) is 10.1. The molecule has 0 saturated heterocycles. The molecular formula is C40H76NO10P. The van der Waals surface area contributed by atoms with Crippen molar-refractivity contribution in [2.75, 3.05) is 19.8 Å². The van der Waals surface area contributed by atoms with Crippen LogP contribution in [-0.4, -0.2) is 64.9 Å². The Morgan fingerprint density at radius 1 is 0.596 bits per heavy atom. The number of carboxylic acids is 1. The van der Waals surface area contributed by atoms with Gasteiger partial charge in [-0.2, -0.15) is 0 Å². The highest BCUT2D eigenvalue weighted by Gasteiger charge is 2.28. The van der Waals surface area contributed by atoms with Gasteiger partial charge in [0.1, 0.15) is 12.7 Å². The molecule has 0 heterocycles. The first-order chi connectivity index (χ1) is 25.1. The van der Waals surface area contributed by atoms with Gasteiger partial charge in [0, 0.05) is 12.8 Å². The van der Waals surface area contributed by atoms with Crippen molar-refractivity contribution in [1.29, 1.82) is 0 Å². The SMILES string of the molecule is CCCCCCCCC/C=C\CCCCCCCC(=O)OCC(O)COP(=O)(O)OCC(NC(=O)CCCCCCCCCCCCCC)C(=O)O. The monoisotopic (exact) mass is 762 g/mol. The van der Waals surface area contributed by atoms with Crippen molar-refractivity contribution >= 4 is 25.7 Å². The van der Waals surface area contributed by atoms with Gasteiger partial charge in [-0.15, -0.1) is 0 Å². The number of carbonyl (C=O) groups is 3. The van der Waals surface area contributed by atoms with Crippen LogP contribution in [0.15, 0.2) is 12.2 Å². The minimum Gasteiger partial charge on any atom is -0.480 e. The van der Waals surface area contributed by atoms with E-state index < -0.39 is 57.6 Å². The number of allylic oxidation sites excluding steroid dienone is 2. The minimum atomic E-state index is -4.75. The number of aliphatic hydroxyl groups excluding tert-OH is 1. The Bertz CT molecular complexity index is 947. The van der Waals surface area contributed by atoms with Crippen molar-refractivity contribution in [1.82, 2.24) is 5.32 Å². The Morgan fingerprint density at radius 2 is 1.00 bits per heavy atom. The fraction of sp³-hybridized carbons (Fsp3) is 0.875. The standard InChI is InChI=1S/C40H76NO10P/c1-3-5-7-9-11-13-15-17-18-19-20-22-24-26-28-30-32-39(44)49-33-36(42)34-50-52(47,48)51-35-37(40(45)46)41-38(43)31-29-27-25-23-21-16-14-12-10-8-6-4-2/h18-19,36-37,42H,3-17,20-35H2,1-2H3,(H,41,43)(H,45,46)(H,47,48)/b19-18-. The number of phosphoric ester groups is 1. The summed E-state index contributed by atoms with van der Waals surface area (Å²) in [7, 11) is -4.75. The average molecular weight is 762 g/mol. The van der Waals surface area contributed by atoms with Crippen molar-refractivity contribution in [3.05, 3.63) is 12.2 Å². The number of amides is 1. The molecule has 0 fully saturated rings. The molecule has 0 bridgehead atoms. The Hall–Kier alpha value is -1.78. The van der Waals surface area contributed by atoms with Gasteiger partial charge < -0.3 is 25.2 Å². The van der Waals surface area contributed by atoms with Crippen LogP contribution in [0.25, 0.3) is 0 Å². The fourth-order valence-electron chi connectivity index (χ4n) is 5.78. The number of aliphatic carboxylic acids is 1. The van der Waals surface area contributed by atoms with E-state index in [2.05, 4.69) is 31.3 Å². The predicted molar refractivity (Wildman–Crippen MR) is 208 cm³/mol. The molecular weight excluding hydrogens is 685 g/mol. The van der Waals surface area contributed by atoms with E-state index in [0.717, 1.165) is 57.8 Å². The van der Waals surface area contributed by atoms with Crippen molar-refractivity contribution in [3.8, 4) is 0 Å². The average Bonchev–Trinajstić information content (AvgIpc) is 3.11. The van der Waals surface area contributed by atoms with E-state index >= 15 is 0 Å². The van der Waals surface area contributed by atoms with Crippen LogP contribution in [0.1, 0.15) is 194 Å². The molecule has 0 rings (SSSR count). The second-order valence-corrected chi connectivity index (χ2v) is 15.6. The fourth-order valence-corrected chi connectivity index (χ4v) is 6.55.